The predicted octanol–water partition coefficient (Wildman–Crippen LogP) is 3.21. The van der Waals surface area contributed by atoms with Gasteiger partial charge in [0.1, 0.15) is 17.2 Å². The fourth-order valence-electron chi connectivity index (χ4n) is 2.25. The molecule has 8 nitrogen and oxygen atoms in total. The molecule has 9 heteroatoms. The van der Waals surface area contributed by atoms with Crippen molar-refractivity contribution in [1.29, 1.82) is 0 Å². The van der Waals surface area contributed by atoms with Gasteiger partial charge in [-0.2, -0.15) is 0 Å². The van der Waals surface area contributed by atoms with E-state index in [-0.39, 0.29) is 11.1 Å². The van der Waals surface area contributed by atoms with Gasteiger partial charge in [-0.15, -0.1) is 0 Å². The van der Waals surface area contributed by atoms with E-state index in [1.807, 2.05) is 0 Å². The second-order valence-corrected chi connectivity index (χ2v) is 9.04. The Morgan fingerprint density at radius 2 is 1.43 bits per heavy atom. The Morgan fingerprint density at radius 3 is 1.82 bits per heavy atom. The molecule has 0 aliphatic rings. The molecule has 1 unspecified atom stereocenters. The molecule has 0 saturated carbocycles. The molecule has 0 fully saturated rings. The lowest BCUT2D eigenvalue weighted by Crippen LogP contribution is -2.52. The fourth-order valence-corrected chi connectivity index (χ4v) is 2.62. The Morgan fingerprint density at radius 1 is 0.964 bits per heavy atom. The average molecular weight is 466 g/mol. The van der Waals surface area contributed by atoms with E-state index >= 15 is 0 Å². The van der Waals surface area contributed by atoms with Crippen LogP contribution in [0.4, 0.5) is 9.59 Å². The first-order chi connectivity index (χ1) is 12.8. The van der Waals surface area contributed by atoms with Crippen LogP contribution in [-0.2, 0) is 14.3 Å². The Hall–Kier alpha value is -1.19. The summed E-state index contributed by atoms with van der Waals surface area (Å²) in [6, 6.07) is -0.972. The normalized spacial score (nSPS) is 13.0. The van der Waals surface area contributed by atoms with Crippen LogP contribution in [0.3, 0.4) is 0 Å². The molecule has 0 aromatic rings. The summed E-state index contributed by atoms with van der Waals surface area (Å²) in [6.07, 6.45) is -0.0328. The highest BCUT2D eigenvalue weighted by atomic mass is 79.9. The van der Waals surface area contributed by atoms with Crippen molar-refractivity contribution in [2.45, 2.75) is 78.0 Å². The number of imide groups is 1. The van der Waals surface area contributed by atoms with E-state index in [0.29, 0.717) is 25.9 Å². The molecule has 164 valence electrons. The van der Waals surface area contributed by atoms with E-state index in [1.165, 1.54) is 0 Å². The number of halogens is 1. The summed E-state index contributed by atoms with van der Waals surface area (Å²) < 4.78 is 10.7. The monoisotopic (exact) mass is 465 g/mol. The van der Waals surface area contributed by atoms with Crippen molar-refractivity contribution in [3.05, 3.63) is 0 Å². The number of ether oxygens (including phenoxy) is 2. The first-order valence-electron chi connectivity index (χ1n) is 9.57. The Bertz CT molecular complexity index is 487. The van der Waals surface area contributed by atoms with Crippen LogP contribution in [0.2, 0.25) is 0 Å². The van der Waals surface area contributed by atoms with Crippen molar-refractivity contribution >= 4 is 33.9 Å². The lowest BCUT2D eigenvalue weighted by Gasteiger charge is -2.32. The van der Waals surface area contributed by atoms with Crippen molar-refractivity contribution < 1.29 is 23.9 Å². The fraction of sp³-hybridized carbons (Fsp3) is 0.842. The van der Waals surface area contributed by atoms with Crippen LogP contribution < -0.4 is 11.1 Å². The van der Waals surface area contributed by atoms with Gasteiger partial charge in [0.2, 0.25) is 0 Å². The van der Waals surface area contributed by atoms with Gasteiger partial charge >= 0.3 is 12.2 Å². The van der Waals surface area contributed by atoms with Crippen molar-refractivity contribution in [3.8, 4) is 0 Å². The highest BCUT2D eigenvalue weighted by Gasteiger charge is 2.39. The molecule has 3 N–H and O–H groups in total. The lowest BCUT2D eigenvalue weighted by atomic mass is 10.1. The van der Waals surface area contributed by atoms with Gasteiger partial charge in [-0.25, -0.2) is 14.5 Å². The van der Waals surface area contributed by atoms with Gasteiger partial charge < -0.3 is 20.5 Å². The number of Topliss-reactive ketones (excluding diaryl/α,β-unsaturated/α-hetero) is 1. The van der Waals surface area contributed by atoms with E-state index in [9.17, 15) is 14.4 Å². The third-order valence-corrected chi connectivity index (χ3v) is 3.94. The Kier molecular flexibility index (Phi) is 11.9. The first kappa shape index (κ1) is 26.8. The Balaban J connectivity index is 5.42. The molecule has 0 heterocycles. The second kappa shape index (κ2) is 12.4. The number of nitrogens with zero attached hydrogens (tertiary/aromatic N) is 1. The van der Waals surface area contributed by atoms with E-state index in [0.717, 1.165) is 17.9 Å². The number of carbonyl (C=O) groups is 3. The van der Waals surface area contributed by atoms with Gasteiger partial charge in [-0.1, -0.05) is 15.9 Å². The van der Waals surface area contributed by atoms with Gasteiger partial charge in [0.25, 0.3) is 0 Å². The third kappa shape index (κ3) is 11.6. The number of ketones is 1. The minimum absolute atomic E-state index is 0.0143. The molecule has 2 amide bonds. The summed E-state index contributed by atoms with van der Waals surface area (Å²) in [5.41, 5.74) is 3.82. The zero-order valence-corrected chi connectivity index (χ0v) is 19.6. The van der Waals surface area contributed by atoms with Crippen LogP contribution in [0.15, 0.2) is 0 Å². The highest BCUT2D eigenvalue weighted by molar-refractivity contribution is 9.09. The number of alkyl halides is 1. The minimum atomic E-state index is -0.972. The van der Waals surface area contributed by atoms with Gasteiger partial charge in [0.05, 0.1) is 5.33 Å². The zero-order valence-electron chi connectivity index (χ0n) is 18.0. The standard InChI is InChI=1S/C19H36BrN3O5/c1-18(2,3)27-16(25)23(17(26)28-19(4,5)6)14(15(24)13-20)9-7-11-22-12-8-10-21/h14,22H,7-13,21H2,1-6H3. The maximum atomic E-state index is 12.7. The van der Waals surface area contributed by atoms with Crippen LogP contribution in [-0.4, -0.2) is 65.1 Å². The van der Waals surface area contributed by atoms with Crippen molar-refractivity contribution in [3.63, 3.8) is 0 Å². The van der Waals surface area contributed by atoms with Crippen LogP contribution in [0.5, 0.6) is 0 Å². The summed E-state index contributed by atoms with van der Waals surface area (Å²) in [6.45, 7) is 12.2. The molecule has 0 aliphatic carbocycles. The molecule has 1 atom stereocenters. The molecular weight excluding hydrogens is 430 g/mol. The largest absolute Gasteiger partial charge is 0.443 e. The summed E-state index contributed by atoms with van der Waals surface area (Å²) in [5.74, 6) is -0.293. The molecule has 0 aromatic carbocycles. The molecule has 28 heavy (non-hydrogen) atoms. The molecule has 0 rings (SSSR count). The Labute approximate surface area is 177 Å². The third-order valence-electron chi connectivity index (χ3n) is 3.38. The van der Waals surface area contributed by atoms with Crippen molar-refractivity contribution in [2.75, 3.05) is 25.0 Å². The number of nitrogens with one attached hydrogen (secondary N) is 1. The van der Waals surface area contributed by atoms with Crippen LogP contribution in [0, 0.1) is 0 Å². The van der Waals surface area contributed by atoms with Crippen LogP contribution in [0.25, 0.3) is 0 Å². The number of rotatable bonds is 10. The number of carbonyl (C=O) groups excluding carboxylic acids is 3. The highest BCUT2D eigenvalue weighted by Crippen LogP contribution is 2.20. The summed E-state index contributed by atoms with van der Waals surface area (Å²) >= 11 is 3.14. The predicted molar refractivity (Wildman–Crippen MR) is 113 cm³/mol. The molecule has 0 saturated heterocycles. The molecule has 0 spiro atoms. The minimum Gasteiger partial charge on any atom is -0.443 e. The SMILES string of the molecule is CC(C)(C)OC(=O)N(C(=O)OC(C)(C)C)C(CCCNCCCN)C(=O)CBr. The van der Waals surface area contributed by atoms with Crippen LogP contribution >= 0.6 is 15.9 Å². The summed E-state index contributed by atoms with van der Waals surface area (Å²) in [4.78, 5) is 38.8. The molecular formula is C19H36BrN3O5. The topological polar surface area (TPSA) is 111 Å². The van der Waals surface area contributed by atoms with E-state index < -0.39 is 29.4 Å². The molecule has 0 aliphatic heterocycles. The maximum Gasteiger partial charge on any atom is 0.420 e. The molecule has 0 aromatic heterocycles. The molecule has 0 bridgehead atoms. The van der Waals surface area contributed by atoms with Crippen molar-refractivity contribution in [2.24, 2.45) is 5.73 Å². The van der Waals surface area contributed by atoms with Gasteiger partial charge in [-0.05, 0) is 80.4 Å². The van der Waals surface area contributed by atoms with Gasteiger partial charge in [0.15, 0.2) is 5.78 Å². The number of hydrogen-bond acceptors (Lipinski definition) is 7. The van der Waals surface area contributed by atoms with E-state index in [1.54, 1.807) is 41.5 Å². The van der Waals surface area contributed by atoms with E-state index in [4.69, 9.17) is 15.2 Å². The summed E-state index contributed by atoms with van der Waals surface area (Å²) in [5, 5.41) is 3.23. The van der Waals surface area contributed by atoms with Crippen LogP contribution in [0.1, 0.15) is 60.8 Å². The summed E-state index contributed by atoms with van der Waals surface area (Å²) in [7, 11) is 0. The average Bonchev–Trinajstić information content (AvgIpc) is 2.52. The smallest absolute Gasteiger partial charge is 0.420 e. The number of amides is 2. The first-order valence-corrected chi connectivity index (χ1v) is 10.7. The van der Waals surface area contributed by atoms with E-state index in [2.05, 4.69) is 21.2 Å². The lowest BCUT2D eigenvalue weighted by molar-refractivity contribution is -0.122. The number of nitrogens with two attached hydrogens (primary N) is 1. The van der Waals surface area contributed by atoms with Gasteiger partial charge in [0, 0.05) is 0 Å². The quantitative estimate of drug-likeness (QED) is 0.376. The van der Waals surface area contributed by atoms with Gasteiger partial charge in [-0.3, -0.25) is 4.79 Å². The maximum absolute atomic E-state index is 12.7. The zero-order chi connectivity index (χ0) is 22.0. The second-order valence-electron chi connectivity index (χ2n) is 8.48. The molecule has 0 radical (unpaired) electrons. The van der Waals surface area contributed by atoms with Crippen molar-refractivity contribution in [1.82, 2.24) is 10.2 Å². The number of hydrogen-bond donors (Lipinski definition) is 2.